The van der Waals surface area contributed by atoms with Crippen molar-refractivity contribution >= 4 is 11.3 Å². The van der Waals surface area contributed by atoms with Gasteiger partial charge in [0.1, 0.15) is 0 Å². The Kier molecular flexibility index (Phi) is 5.54. The first-order valence-corrected chi connectivity index (χ1v) is 7.43. The summed E-state index contributed by atoms with van der Waals surface area (Å²) < 4.78 is 5.89. The summed E-state index contributed by atoms with van der Waals surface area (Å²) >= 11 is 1.70. The molecule has 2 aromatic rings. The first kappa shape index (κ1) is 14.2. The highest BCUT2D eigenvalue weighted by Crippen LogP contribution is 2.24. The third-order valence-electron chi connectivity index (χ3n) is 3.09. The number of hydrazine groups is 1. The molecule has 102 valence electrons. The van der Waals surface area contributed by atoms with Crippen LogP contribution in [0.25, 0.3) is 0 Å². The molecule has 1 aromatic heterocycles. The van der Waals surface area contributed by atoms with Gasteiger partial charge in [0.05, 0.1) is 12.1 Å². The summed E-state index contributed by atoms with van der Waals surface area (Å²) in [6, 6.07) is 12.4. The van der Waals surface area contributed by atoms with Crippen molar-refractivity contribution in [3.05, 3.63) is 58.3 Å². The normalized spacial score (nSPS) is 14.2. The number of ether oxygens (including phenoxy) is 1. The lowest BCUT2D eigenvalue weighted by Crippen LogP contribution is -2.42. The van der Waals surface area contributed by atoms with Gasteiger partial charge in [0.15, 0.2) is 0 Å². The number of nitrogens with two attached hydrogens (primary N) is 1. The van der Waals surface area contributed by atoms with Crippen molar-refractivity contribution in [1.82, 2.24) is 5.43 Å². The standard InChI is InChI=1S/C15H20N2OS/c1-2-18-15(13-6-4-3-5-7-13)14(17-16)10-12-8-9-19-11-12/h3-9,11,14-15,17H,2,10,16H2,1H3. The van der Waals surface area contributed by atoms with Gasteiger partial charge in [-0.1, -0.05) is 30.3 Å². The number of hydrogen-bond acceptors (Lipinski definition) is 4. The van der Waals surface area contributed by atoms with Crippen molar-refractivity contribution in [3.8, 4) is 0 Å². The zero-order valence-corrected chi connectivity index (χ0v) is 11.9. The quantitative estimate of drug-likeness (QED) is 0.604. The summed E-state index contributed by atoms with van der Waals surface area (Å²) in [6.45, 7) is 2.68. The van der Waals surface area contributed by atoms with E-state index >= 15 is 0 Å². The van der Waals surface area contributed by atoms with Crippen LogP contribution >= 0.6 is 11.3 Å². The summed E-state index contributed by atoms with van der Waals surface area (Å²) in [5.41, 5.74) is 5.34. The van der Waals surface area contributed by atoms with Crippen LogP contribution in [0.5, 0.6) is 0 Å². The number of benzene rings is 1. The van der Waals surface area contributed by atoms with E-state index in [0.717, 1.165) is 12.0 Å². The highest BCUT2D eigenvalue weighted by Gasteiger charge is 2.23. The summed E-state index contributed by atoms with van der Waals surface area (Å²) in [5, 5.41) is 4.24. The summed E-state index contributed by atoms with van der Waals surface area (Å²) in [4.78, 5) is 0. The second-order valence-electron chi connectivity index (χ2n) is 4.40. The average Bonchev–Trinajstić information content (AvgIpc) is 2.96. The molecule has 0 radical (unpaired) electrons. The molecular weight excluding hydrogens is 256 g/mol. The molecule has 0 aliphatic carbocycles. The maximum absolute atomic E-state index is 5.89. The first-order valence-electron chi connectivity index (χ1n) is 6.49. The van der Waals surface area contributed by atoms with Crippen LogP contribution in [-0.4, -0.2) is 12.6 Å². The van der Waals surface area contributed by atoms with Gasteiger partial charge in [0.2, 0.25) is 0 Å². The van der Waals surface area contributed by atoms with Crippen molar-refractivity contribution in [2.24, 2.45) is 5.84 Å². The maximum atomic E-state index is 5.89. The molecular formula is C15H20N2OS. The largest absolute Gasteiger partial charge is 0.372 e. The molecule has 0 bridgehead atoms. The number of nitrogens with one attached hydrogen (secondary N) is 1. The summed E-state index contributed by atoms with van der Waals surface area (Å²) in [5.74, 6) is 5.73. The van der Waals surface area contributed by atoms with Crippen LogP contribution in [0.15, 0.2) is 47.2 Å². The van der Waals surface area contributed by atoms with Crippen molar-refractivity contribution in [2.75, 3.05) is 6.61 Å². The number of thiophene rings is 1. The fourth-order valence-electron chi connectivity index (χ4n) is 2.18. The van der Waals surface area contributed by atoms with Gasteiger partial charge in [-0.05, 0) is 41.3 Å². The Labute approximate surface area is 118 Å². The second-order valence-corrected chi connectivity index (χ2v) is 5.18. The van der Waals surface area contributed by atoms with Crippen LogP contribution in [0.3, 0.4) is 0 Å². The zero-order valence-electron chi connectivity index (χ0n) is 11.1. The molecule has 0 saturated carbocycles. The van der Waals surface area contributed by atoms with Gasteiger partial charge in [0.25, 0.3) is 0 Å². The smallest absolute Gasteiger partial charge is 0.0994 e. The predicted molar refractivity (Wildman–Crippen MR) is 79.9 cm³/mol. The lowest BCUT2D eigenvalue weighted by molar-refractivity contribution is 0.0332. The molecule has 2 unspecified atom stereocenters. The van der Waals surface area contributed by atoms with Gasteiger partial charge in [-0.2, -0.15) is 11.3 Å². The molecule has 0 spiro atoms. The Morgan fingerprint density at radius 2 is 2.05 bits per heavy atom. The molecule has 0 aliphatic heterocycles. The second kappa shape index (κ2) is 7.40. The molecule has 1 heterocycles. The van der Waals surface area contributed by atoms with Gasteiger partial charge in [-0.15, -0.1) is 0 Å². The molecule has 1 aromatic carbocycles. The topological polar surface area (TPSA) is 47.3 Å². The average molecular weight is 276 g/mol. The van der Waals surface area contributed by atoms with Crippen LogP contribution in [0.1, 0.15) is 24.2 Å². The highest BCUT2D eigenvalue weighted by atomic mass is 32.1. The van der Waals surface area contributed by atoms with Crippen molar-refractivity contribution in [1.29, 1.82) is 0 Å². The Bertz CT molecular complexity index is 458. The SMILES string of the molecule is CCOC(c1ccccc1)C(Cc1ccsc1)NN. The molecule has 4 heteroatoms. The van der Waals surface area contributed by atoms with Crippen LogP contribution in [0, 0.1) is 0 Å². The summed E-state index contributed by atoms with van der Waals surface area (Å²) in [6.07, 6.45) is 0.829. The van der Waals surface area contributed by atoms with Gasteiger partial charge >= 0.3 is 0 Å². The van der Waals surface area contributed by atoms with E-state index in [4.69, 9.17) is 10.6 Å². The minimum absolute atomic E-state index is 0.0314. The lowest BCUT2D eigenvalue weighted by atomic mass is 9.97. The Hall–Kier alpha value is -1.20. The lowest BCUT2D eigenvalue weighted by Gasteiger charge is -2.26. The molecule has 3 nitrogen and oxygen atoms in total. The van der Waals surface area contributed by atoms with E-state index in [1.54, 1.807) is 11.3 Å². The van der Waals surface area contributed by atoms with Crippen LogP contribution in [0.4, 0.5) is 0 Å². The molecule has 3 N–H and O–H groups in total. The van der Waals surface area contributed by atoms with Gasteiger partial charge in [-0.3, -0.25) is 11.3 Å². The third kappa shape index (κ3) is 3.88. The van der Waals surface area contributed by atoms with Crippen molar-refractivity contribution in [3.63, 3.8) is 0 Å². The third-order valence-corrected chi connectivity index (χ3v) is 3.82. The van der Waals surface area contributed by atoms with Gasteiger partial charge < -0.3 is 4.74 Å². The Balaban J connectivity index is 2.16. The van der Waals surface area contributed by atoms with Crippen LogP contribution < -0.4 is 11.3 Å². The van der Waals surface area contributed by atoms with Gasteiger partial charge in [-0.25, -0.2) is 0 Å². The number of hydrogen-bond donors (Lipinski definition) is 2. The zero-order chi connectivity index (χ0) is 13.5. The predicted octanol–water partition coefficient (Wildman–Crippen LogP) is 2.90. The minimum Gasteiger partial charge on any atom is -0.372 e. The maximum Gasteiger partial charge on any atom is 0.0994 e. The minimum atomic E-state index is -0.0314. The van der Waals surface area contributed by atoms with E-state index in [1.807, 2.05) is 25.1 Å². The molecule has 0 fully saturated rings. The van der Waals surface area contributed by atoms with E-state index in [0.29, 0.717) is 6.61 Å². The van der Waals surface area contributed by atoms with Crippen LogP contribution in [-0.2, 0) is 11.2 Å². The van der Waals surface area contributed by atoms with Gasteiger partial charge in [0, 0.05) is 6.61 Å². The number of rotatable bonds is 7. The van der Waals surface area contributed by atoms with E-state index in [2.05, 4.69) is 34.4 Å². The molecule has 2 rings (SSSR count). The Morgan fingerprint density at radius 1 is 1.26 bits per heavy atom. The molecule has 0 saturated heterocycles. The molecule has 19 heavy (non-hydrogen) atoms. The van der Waals surface area contributed by atoms with E-state index in [1.165, 1.54) is 5.56 Å². The molecule has 2 atom stereocenters. The first-order chi connectivity index (χ1) is 9.35. The van der Waals surface area contributed by atoms with Crippen molar-refractivity contribution in [2.45, 2.75) is 25.5 Å². The van der Waals surface area contributed by atoms with Crippen molar-refractivity contribution < 1.29 is 4.74 Å². The monoisotopic (exact) mass is 276 g/mol. The molecule has 0 amide bonds. The highest BCUT2D eigenvalue weighted by molar-refractivity contribution is 7.07. The van der Waals surface area contributed by atoms with E-state index < -0.39 is 0 Å². The van der Waals surface area contributed by atoms with E-state index in [9.17, 15) is 0 Å². The molecule has 0 aliphatic rings. The van der Waals surface area contributed by atoms with E-state index in [-0.39, 0.29) is 12.1 Å². The fraction of sp³-hybridized carbons (Fsp3) is 0.333. The Morgan fingerprint density at radius 3 is 2.63 bits per heavy atom. The fourth-order valence-corrected chi connectivity index (χ4v) is 2.86. The summed E-state index contributed by atoms with van der Waals surface area (Å²) in [7, 11) is 0. The van der Waals surface area contributed by atoms with Crippen LogP contribution in [0.2, 0.25) is 0 Å².